The molecule has 0 aliphatic carbocycles. The van der Waals surface area contributed by atoms with Crippen LogP contribution in [0.15, 0.2) is 72.9 Å². The number of Topliss-reactive ketones (excluding diaryl/α,β-unsaturated/α-hetero) is 2. The summed E-state index contributed by atoms with van der Waals surface area (Å²) in [4.78, 5) is 246. The monoisotopic (exact) mass is 1540 g/mol. The standard InChI is InChI=1S/C12H17NO5.C12H16O6.C11H18N2O5.C11H15NO7.C11H13NO6.C9H11NO7/c1-17-11(15)5-6-12(16)18-9-10(14)13-7-3-2-4-8-13;1-8(9(2)13)6-10(14)7-18-12(16)5-4-11(15)17-3;1-13(2)7-6-12-9(14)8-18-11(16)5-4-10(15)17-3;1-17-9(14)3-4-11(16)19-7-8(13)12-6-5-10(15)18-2;1-17-10(15)4-5-11(16)18-7-9(14)12-6-2-3-8(12)13;1-15-7(12)3-4-8(13)17-5-6(11)10-9(14)16-2/h5-6H,2-4,7-9H2,1H3;4-5,8H,6-7H2,1-3H3;4-5H,6-8H2,1-3H3,(H,12,14);3-4H,5-7H2,1-2H3,(H,12,13);4-5H,2-3,6-7H2,1H3;3-4H,5H2,1-2H3,(H,10,11,14)/b6-5+;2*5-4+;4-3+;5-4+;4-3+. The Labute approximate surface area is 618 Å². The summed E-state index contributed by atoms with van der Waals surface area (Å²) >= 11 is 0. The summed E-state index contributed by atoms with van der Waals surface area (Å²) in [7, 11) is 13.1. The normalized spacial score (nSPS) is 12.0. The average molecular weight is 1540 g/mol. The SMILES string of the molecule is COC(=O)/C=C/C(=O)OCC(=O)CC(C)C(C)=O.COC(=O)/C=C/C(=O)OCC(=O)N1CCCC1=O.COC(=O)/C=C/C(=O)OCC(=O)N1CCCCC1.COC(=O)/C=C/C(=O)OCC(=O)NC(=O)OC.COC(=O)/C=C/C(=O)OCC(=O)NCCC(=O)OC.COC(=O)/C=C/C(=O)OCC(=O)NCCN(C)C. The van der Waals surface area contributed by atoms with Crippen LogP contribution in [-0.4, -0.2) is 295 Å². The van der Waals surface area contributed by atoms with Crippen LogP contribution in [0.4, 0.5) is 4.79 Å². The van der Waals surface area contributed by atoms with Gasteiger partial charge in [-0.2, -0.15) is 0 Å². The molecule has 600 valence electrons. The Morgan fingerprint density at radius 2 is 0.731 bits per heavy atom. The molecule has 2 saturated heterocycles. The number of piperidine rings is 1. The first-order chi connectivity index (χ1) is 51.0. The van der Waals surface area contributed by atoms with E-state index in [-0.39, 0.29) is 61.9 Å². The highest BCUT2D eigenvalue weighted by Crippen LogP contribution is 2.11. The molecular formula is C66H90N6O36. The summed E-state index contributed by atoms with van der Waals surface area (Å²) in [6.45, 7) is 3.29. The van der Waals surface area contributed by atoms with E-state index in [1.165, 1.54) is 42.5 Å². The van der Waals surface area contributed by atoms with Crippen molar-refractivity contribution in [3.8, 4) is 0 Å². The van der Waals surface area contributed by atoms with E-state index in [1.807, 2.05) is 19.0 Å². The van der Waals surface area contributed by atoms with E-state index in [4.69, 9.17) is 4.74 Å². The molecule has 0 aromatic carbocycles. The zero-order valence-corrected chi connectivity index (χ0v) is 61.5. The number of ketones is 2. The minimum atomic E-state index is -0.962. The maximum Gasteiger partial charge on any atom is 0.413 e. The van der Waals surface area contributed by atoms with Gasteiger partial charge in [-0.3, -0.25) is 53.4 Å². The van der Waals surface area contributed by atoms with Crippen molar-refractivity contribution in [2.24, 2.45) is 5.92 Å². The minimum Gasteiger partial charge on any atom is -0.469 e. The first-order valence-corrected chi connectivity index (χ1v) is 31.3. The highest BCUT2D eigenvalue weighted by Gasteiger charge is 2.27. The second-order valence-electron chi connectivity index (χ2n) is 20.4. The van der Waals surface area contributed by atoms with Crippen LogP contribution >= 0.6 is 0 Å². The zero-order chi connectivity index (χ0) is 83.0. The van der Waals surface area contributed by atoms with Crippen LogP contribution in [0.5, 0.6) is 0 Å². The first kappa shape index (κ1) is 102. The molecule has 0 saturated carbocycles. The Hall–Kier alpha value is -12.7. The number of methoxy groups -OCH3 is 8. The molecule has 1 atom stereocenters. The van der Waals surface area contributed by atoms with Crippen molar-refractivity contribution in [1.29, 1.82) is 0 Å². The maximum absolute atomic E-state index is 11.6. The Kier molecular flexibility index (Phi) is 60.3. The zero-order valence-electron chi connectivity index (χ0n) is 61.5. The third-order valence-electron chi connectivity index (χ3n) is 11.9. The Morgan fingerprint density at radius 3 is 1.06 bits per heavy atom. The molecule has 1 unspecified atom stereocenters. The number of hydrogen-bond donors (Lipinski definition) is 3. The molecule has 0 spiro atoms. The second-order valence-corrected chi connectivity index (χ2v) is 20.4. The number of likely N-dealkylation sites (N-methyl/N-ethyl adjacent to an activating group) is 1. The molecule has 42 heteroatoms. The number of nitrogens with zero attached hydrogens (tertiary/aromatic N) is 3. The number of ether oxygens (including phenoxy) is 14. The number of imide groups is 2. The maximum atomic E-state index is 11.6. The highest BCUT2D eigenvalue weighted by molar-refractivity contribution is 6.00. The fraction of sp³-hybridized carbons (Fsp3) is 0.485. The van der Waals surface area contributed by atoms with E-state index in [2.05, 4.69) is 72.2 Å². The lowest BCUT2D eigenvalue weighted by atomic mass is 10.0. The van der Waals surface area contributed by atoms with Crippen molar-refractivity contribution in [3.05, 3.63) is 72.9 Å². The van der Waals surface area contributed by atoms with Gasteiger partial charge in [-0.05, 0) is 46.7 Å². The number of alkyl carbamates (subject to hydrolysis) is 1. The third-order valence-corrected chi connectivity index (χ3v) is 11.9. The van der Waals surface area contributed by atoms with E-state index < -0.39 is 134 Å². The molecule has 0 aromatic rings. The van der Waals surface area contributed by atoms with Gasteiger partial charge in [-0.25, -0.2) is 62.3 Å². The van der Waals surface area contributed by atoms with Crippen LogP contribution in [0.2, 0.25) is 0 Å². The van der Waals surface area contributed by atoms with Crippen LogP contribution in [0.1, 0.15) is 58.8 Å². The third kappa shape index (κ3) is 62.0. The molecular weight excluding hydrogens is 1450 g/mol. The first-order valence-electron chi connectivity index (χ1n) is 31.3. The molecule has 0 bridgehead atoms. The van der Waals surface area contributed by atoms with Crippen molar-refractivity contribution in [2.75, 3.05) is 150 Å². The number of amides is 7. The van der Waals surface area contributed by atoms with Gasteiger partial charge in [-0.15, -0.1) is 0 Å². The van der Waals surface area contributed by atoms with Crippen molar-refractivity contribution in [2.45, 2.75) is 58.8 Å². The highest BCUT2D eigenvalue weighted by atomic mass is 16.6. The van der Waals surface area contributed by atoms with Gasteiger partial charge < -0.3 is 86.7 Å². The summed E-state index contributed by atoms with van der Waals surface area (Å²) in [6.07, 6.45) is 13.7. The van der Waals surface area contributed by atoms with Gasteiger partial charge in [0.2, 0.25) is 5.91 Å². The lowest BCUT2D eigenvalue weighted by molar-refractivity contribution is -0.152. The van der Waals surface area contributed by atoms with E-state index in [0.717, 1.165) is 118 Å². The van der Waals surface area contributed by atoms with Gasteiger partial charge >= 0.3 is 83.7 Å². The summed E-state index contributed by atoms with van der Waals surface area (Å²) in [5, 5.41) is 6.69. The molecule has 3 N–H and O–H groups in total. The molecule has 2 rings (SSSR count). The molecule has 2 aliphatic heterocycles. The van der Waals surface area contributed by atoms with Crippen molar-refractivity contribution in [3.63, 3.8) is 0 Å². The number of rotatable bonds is 33. The van der Waals surface area contributed by atoms with Gasteiger partial charge in [0.05, 0.1) is 63.3 Å². The predicted octanol–water partition coefficient (Wildman–Crippen LogP) is -2.86. The molecule has 0 radical (unpaired) electrons. The van der Waals surface area contributed by atoms with E-state index in [0.29, 0.717) is 45.6 Å². The number of likely N-dealkylation sites (tertiary alicyclic amines) is 2. The van der Waals surface area contributed by atoms with E-state index in [9.17, 15) is 105 Å². The van der Waals surface area contributed by atoms with Gasteiger partial charge in [0.1, 0.15) is 12.4 Å². The quantitative estimate of drug-likeness (QED) is 0.0338. The number of hydrogen-bond acceptors (Lipinski definition) is 37. The molecule has 2 fully saturated rings. The number of carbonyl (C=O) groups excluding carboxylic acids is 22. The van der Waals surface area contributed by atoms with Gasteiger partial charge in [0.25, 0.3) is 29.5 Å². The Morgan fingerprint density at radius 1 is 0.398 bits per heavy atom. The molecule has 7 amide bonds. The predicted molar refractivity (Wildman–Crippen MR) is 360 cm³/mol. The summed E-state index contributed by atoms with van der Waals surface area (Å²) < 4.78 is 61.5. The number of carbonyl (C=O) groups is 22. The van der Waals surface area contributed by atoms with Crippen molar-refractivity contribution >= 4 is 131 Å². The molecule has 108 heavy (non-hydrogen) atoms. The lowest BCUT2D eigenvalue weighted by Gasteiger charge is -2.26. The summed E-state index contributed by atoms with van der Waals surface area (Å²) in [5.74, 6) is -13.2. The lowest BCUT2D eigenvalue weighted by Crippen LogP contribution is -2.38. The van der Waals surface area contributed by atoms with Gasteiger partial charge in [0.15, 0.2) is 38.8 Å². The largest absolute Gasteiger partial charge is 0.469 e. The minimum absolute atomic E-state index is 0.0262. The fourth-order valence-electron chi connectivity index (χ4n) is 6.24. The Bertz CT molecular complexity index is 3250. The van der Waals surface area contributed by atoms with E-state index >= 15 is 0 Å². The van der Waals surface area contributed by atoms with Crippen LogP contribution in [-0.2, 0) is 167 Å². The summed E-state index contributed by atoms with van der Waals surface area (Å²) in [6, 6.07) is 0. The van der Waals surface area contributed by atoms with Gasteiger partial charge in [0, 0.05) is 131 Å². The van der Waals surface area contributed by atoms with Gasteiger partial charge in [-0.1, -0.05) is 6.92 Å². The second kappa shape index (κ2) is 64.0. The molecule has 0 aromatic heterocycles. The summed E-state index contributed by atoms with van der Waals surface area (Å²) in [5.41, 5.74) is 0. The van der Waals surface area contributed by atoms with Crippen molar-refractivity contribution in [1.82, 2.24) is 30.7 Å². The van der Waals surface area contributed by atoms with E-state index in [1.54, 1.807) is 17.1 Å². The fourth-order valence-corrected chi connectivity index (χ4v) is 6.24. The van der Waals surface area contributed by atoms with Crippen LogP contribution in [0.3, 0.4) is 0 Å². The number of nitrogens with one attached hydrogen (secondary N) is 3. The average Bonchev–Trinajstić information content (AvgIpc) is 1.74. The molecule has 2 heterocycles. The Balaban J connectivity index is -0.000000601. The smallest absolute Gasteiger partial charge is 0.413 e. The topological polar surface area (TPSA) is 551 Å². The van der Waals surface area contributed by atoms with Crippen LogP contribution in [0.25, 0.3) is 0 Å². The molecule has 42 nitrogen and oxygen atoms in total. The number of esters is 13. The van der Waals surface area contributed by atoms with Crippen LogP contribution < -0.4 is 16.0 Å². The molecule has 2 aliphatic rings. The van der Waals surface area contributed by atoms with Crippen LogP contribution in [0, 0.1) is 5.92 Å². The van der Waals surface area contributed by atoms with Crippen molar-refractivity contribution < 1.29 is 172 Å².